The van der Waals surface area contributed by atoms with Crippen molar-refractivity contribution in [3.05, 3.63) is 80.4 Å². The van der Waals surface area contributed by atoms with Crippen molar-refractivity contribution in [2.45, 2.75) is 20.4 Å². The van der Waals surface area contributed by atoms with Gasteiger partial charge in [0.2, 0.25) is 0 Å². The minimum Gasteiger partial charge on any atom is -0.318 e. The molecule has 142 valence electrons. The van der Waals surface area contributed by atoms with Gasteiger partial charge in [0.15, 0.2) is 0 Å². The summed E-state index contributed by atoms with van der Waals surface area (Å²) in [6.07, 6.45) is 0. The van der Waals surface area contributed by atoms with Crippen LogP contribution in [0.2, 0.25) is 10.0 Å². The Kier molecular flexibility index (Phi) is 5.15. The van der Waals surface area contributed by atoms with Gasteiger partial charge in [-0.1, -0.05) is 59.6 Å². The van der Waals surface area contributed by atoms with Gasteiger partial charge in [-0.15, -0.1) is 11.3 Å². The third kappa shape index (κ3) is 3.41. The summed E-state index contributed by atoms with van der Waals surface area (Å²) in [5.74, 6) is -0.227. The number of benzene rings is 2. The Balaban J connectivity index is 1.63. The zero-order chi connectivity index (χ0) is 19.8. The van der Waals surface area contributed by atoms with Gasteiger partial charge in [0.1, 0.15) is 4.88 Å². The van der Waals surface area contributed by atoms with Gasteiger partial charge in [-0.2, -0.15) is 5.10 Å². The number of rotatable bonds is 4. The molecule has 7 heteroatoms. The van der Waals surface area contributed by atoms with E-state index in [0.717, 1.165) is 27.0 Å². The average Bonchev–Trinajstić information content (AvgIpc) is 3.15. The Morgan fingerprint density at radius 2 is 1.82 bits per heavy atom. The van der Waals surface area contributed by atoms with Crippen molar-refractivity contribution in [1.82, 2.24) is 9.78 Å². The number of carbonyl (C=O) groups is 1. The first-order valence-electron chi connectivity index (χ1n) is 8.71. The van der Waals surface area contributed by atoms with Crippen molar-refractivity contribution in [3.63, 3.8) is 0 Å². The van der Waals surface area contributed by atoms with Crippen LogP contribution in [0.25, 0.3) is 10.1 Å². The summed E-state index contributed by atoms with van der Waals surface area (Å²) in [7, 11) is 0. The van der Waals surface area contributed by atoms with E-state index in [9.17, 15) is 4.79 Å². The first-order valence-corrected chi connectivity index (χ1v) is 10.3. The molecule has 1 amide bonds. The van der Waals surface area contributed by atoms with Gasteiger partial charge >= 0.3 is 0 Å². The highest BCUT2D eigenvalue weighted by molar-refractivity contribution is 7.21. The molecule has 2 aromatic carbocycles. The number of anilines is 1. The highest BCUT2D eigenvalue weighted by Gasteiger charge is 2.20. The number of amides is 1. The molecular formula is C21H17Cl2N3OS. The number of fused-ring (bicyclic) bond motifs is 1. The molecule has 0 radical (unpaired) electrons. The molecule has 0 fully saturated rings. The molecule has 2 aromatic heterocycles. The van der Waals surface area contributed by atoms with Crippen molar-refractivity contribution in [2.75, 3.05) is 5.32 Å². The van der Waals surface area contributed by atoms with E-state index in [-0.39, 0.29) is 5.91 Å². The minimum absolute atomic E-state index is 0.227. The van der Waals surface area contributed by atoms with Crippen molar-refractivity contribution in [2.24, 2.45) is 0 Å². The Morgan fingerprint density at radius 3 is 2.57 bits per heavy atom. The van der Waals surface area contributed by atoms with E-state index in [1.165, 1.54) is 11.3 Å². The van der Waals surface area contributed by atoms with Gasteiger partial charge in [-0.25, -0.2) is 0 Å². The van der Waals surface area contributed by atoms with Crippen LogP contribution in [0.15, 0.2) is 48.5 Å². The molecule has 0 saturated heterocycles. The lowest BCUT2D eigenvalue weighted by atomic mass is 10.2. The first-order chi connectivity index (χ1) is 13.5. The molecule has 4 rings (SSSR count). The molecule has 0 aliphatic heterocycles. The summed E-state index contributed by atoms with van der Waals surface area (Å²) < 4.78 is 2.83. The van der Waals surface area contributed by atoms with Gasteiger partial charge in [-0.05, 0) is 31.5 Å². The van der Waals surface area contributed by atoms with E-state index in [2.05, 4.69) is 10.4 Å². The fourth-order valence-electron chi connectivity index (χ4n) is 3.15. The Morgan fingerprint density at radius 1 is 1.11 bits per heavy atom. The summed E-state index contributed by atoms with van der Waals surface area (Å²) in [6, 6.07) is 15.4. The maximum atomic E-state index is 12.9. The summed E-state index contributed by atoms with van der Waals surface area (Å²) >= 11 is 14.1. The average molecular weight is 430 g/mol. The van der Waals surface area contributed by atoms with Gasteiger partial charge in [0.05, 0.1) is 28.6 Å². The number of hydrogen-bond acceptors (Lipinski definition) is 3. The molecule has 0 aliphatic carbocycles. The molecule has 0 unspecified atom stereocenters. The van der Waals surface area contributed by atoms with Gasteiger partial charge < -0.3 is 5.32 Å². The van der Waals surface area contributed by atoms with Crippen LogP contribution in [0, 0.1) is 13.8 Å². The SMILES string of the molecule is Cc1nn(Cc2ccccc2Cl)c(C)c1NC(=O)c1sc2ccccc2c1Cl. The molecule has 4 aromatic rings. The number of halogens is 2. The third-order valence-corrected chi connectivity index (χ3v) is 6.68. The fourth-order valence-corrected chi connectivity index (χ4v) is 4.76. The summed E-state index contributed by atoms with van der Waals surface area (Å²) in [4.78, 5) is 13.4. The molecule has 0 bridgehead atoms. The second kappa shape index (κ2) is 7.59. The van der Waals surface area contributed by atoms with Gasteiger partial charge in [0.25, 0.3) is 5.91 Å². The predicted octanol–water partition coefficient (Wildman–Crippen LogP) is 6.32. The Bertz CT molecular complexity index is 1200. The molecule has 4 nitrogen and oxygen atoms in total. The number of hydrogen-bond donors (Lipinski definition) is 1. The molecule has 0 aliphatic rings. The lowest BCUT2D eigenvalue weighted by Gasteiger charge is -2.08. The zero-order valence-corrected chi connectivity index (χ0v) is 17.6. The van der Waals surface area contributed by atoms with Crippen LogP contribution < -0.4 is 5.32 Å². The van der Waals surface area contributed by atoms with Gasteiger partial charge in [-0.3, -0.25) is 9.48 Å². The number of thiophene rings is 1. The van der Waals surface area contributed by atoms with Crippen LogP contribution in [0.3, 0.4) is 0 Å². The van der Waals surface area contributed by atoms with Crippen molar-refractivity contribution in [3.8, 4) is 0 Å². The highest BCUT2D eigenvalue weighted by atomic mass is 35.5. The van der Waals surface area contributed by atoms with E-state index in [1.54, 1.807) is 0 Å². The maximum Gasteiger partial charge on any atom is 0.267 e. The second-order valence-corrected chi connectivity index (χ2v) is 8.33. The minimum atomic E-state index is -0.227. The van der Waals surface area contributed by atoms with Crippen molar-refractivity contribution >= 4 is 56.2 Å². The van der Waals surface area contributed by atoms with Gasteiger partial charge in [0, 0.05) is 15.1 Å². The molecule has 0 spiro atoms. The third-order valence-electron chi connectivity index (χ3n) is 4.64. The van der Waals surface area contributed by atoms with E-state index >= 15 is 0 Å². The molecule has 0 atom stereocenters. The first kappa shape index (κ1) is 19.0. The maximum absolute atomic E-state index is 12.9. The monoisotopic (exact) mass is 429 g/mol. The van der Waals surface area contributed by atoms with Crippen LogP contribution in [-0.4, -0.2) is 15.7 Å². The molecular weight excluding hydrogens is 413 g/mol. The van der Waals surface area contributed by atoms with Crippen molar-refractivity contribution in [1.29, 1.82) is 0 Å². The number of aryl methyl sites for hydroxylation is 1. The number of nitrogens with one attached hydrogen (secondary N) is 1. The largest absolute Gasteiger partial charge is 0.318 e. The highest BCUT2D eigenvalue weighted by Crippen LogP contribution is 2.36. The Labute approximate surface area is 176 Å². The van der Waals surface area contributed by atoms with Crippen LogP contribution in [0.4, 0.5) is 5.69 Å². The lowest BCUT2D eigenvalue weighted by molar-refractivity contribution is 0.103. The summed E-state index contributed by atoms with van der Waals surface area (Å²) in [6.45, 7) is 4.34. The summed E-state index contributed by atoms with van der Waals surface area (Å²) in [5.41, 5.74) is 3.28. The van der Waals surface area contributed by atoms with Crippen LogP contribution >= 0.6 is 34.5 Å². The smallest absolute Gasteiger partial charge is 0.267 e. The van der Waals surface area contributed by atoms with E-state index in [0.29, 0.717) is 27.2 Å². The predicted molar refractivity (Wildman–Crippen MR) is 117 cm³/mol. The second-order valence-electron chi connectivity index (χ2n) is 6.49. The molecule has 2 heterocycles. The van der Waals surface area contributed by atoms with Crippen LogP contribution in [0.5, 0.6) is 0 Å². The number of aromatic nitrogens is 2. The number of nitrogens with zero attached hydrogens (tertiary/aromatic N) is 2. The van der Waals surface area contributed by atoms with Crippen LogP contribution in [-0.2, 0) is 6.54 Å². The topological polar surface area (TPSA) is 46.9 Å². The van der Waals surface area contributed by atoms with E-state index < -0.39 is 0 Å². The molecule has 0 saturated carbocycles. The Hall–Kier alpha value is -2.34. The van der Waals surface area contributed by atoms with E-state index in [1.807, 2.05) is 67.1 Å². The fraction of sp³-hybridized carbons (Fsp3) is 0.143. The zero-order valence-electron chi connectivity index (χ0n) is 15.3. The summed E-state index contributed by atoms with van der Waals surface area (Å²) in [5, 5.41) is 9.63. The standard InChI is InChI=1S/C21H17Cl2N3OS/c1-12-19(13(2)26(25-12)11-14-7-3-5-9-16(14)22)24-21(27)20-18(23)15-8-4-6-10-17(15)28-20/h3-10H,11H2,1-2H3,(H,24,27). The quantitative estimate of drug-likeness (QED) is 0.412. The molecule has 1 N–H and O–H groups in total. The lowest BCUT2D eigenvalue weighted by Crippen LogP contribution is -2.12. The van der Waals surface area contributed by atoms with E-state index in [4.69, 9.17) is 23.2 Å². The number of carbonyl (C=O) groups excluding carboxylic acids is 1. The normalized spacial score (nSPS) is 11.1. The van der Waals surface area contributed by atoms with Crippen molar-refractivity contribution < 1.29 is 4.79 Å². The van der Waals surface area contributed by atoms with Crippen LogP contribution in [0.1, 0.15) is 26.6 Å². The molecule has 28 heavy (non-hydrogen) atoms.